The van der Waals surface area contributed by atoms with E-state index in [0.717, 1.165) is 37.1 Å². The molecule has 2 rings (SSSR count). The van der Waals surface area contributed by atoms with Gasteiger partial charge >= 0.3 is 0 Å². The molecule has 0 radical (unpaired) electrons. The van der Waals surface area contributed by atoms with Crippen LogP contribution in [-0.4, -0.2) is 47.0 Å². The van der Waals surface area contributed by atoms with E-state index in [1.165, 1.54) is 12.1 Å². The number of halogens is 1. The predicted octanol–water partition coefficient (Wildman–Crippen LogP) is 2.54. The van der Waals surface area contributed by atoms with Crippen LogP contribution in [0.15, 0.2) is 23.2 Å². The Morgan fingerprint density at radius 3 is 2.75 bits per heavy atom. The SMILES string of the molecule is CCN(CC)CCCN=C(N)Nc1nc(C)c2ccc(F)cc2n1. The largest absolute Gasteiger partial charge is 0.370 e. The van der Waals surface area contributed by atoms with Crippen LogP contribution in [0.3, 0.4) is 0 Å². The van der Waals surface area contributed by atoms with Gasteiger partial charge in [-0.1, -0.05) is 13.8 Å². The highest BCUT2D eigenvalue weighted by molar-refractivity contribution is 5.92. The first-order valence-electron chi connectivity index (χ1n) is 8.26. The van der Waals surface area contributed by atoms with Gasteiger partial charge in [-0.2, -0.15) is 0 Å². The van der Waals surface area contributed by atoms with Crippen molar-refractivity contribution in [3.05, 3.63) is 29.7 Å². The molecule has 0 unspecified atom stereocenters. The molecule has 1 aromatic carbocycles. The van der Waals surface area contributed by atoms with Crippen LogP contribution in [0.4, 0.5) is 10.3 Å². The van der Waals surface area contributed by atoms with Gasteiger partial charge in [0.05, 0.1) is 11.2 Å². The number of nitrogens with two attached hydrogens (primary N) is 1. The fraction of sp³-hybridized carbons (Fsp3) is 0.471. The molecule has 0 aliphatic rings. The first kappa shape index (κ1) is 18.1. The maximum absolute atomic E-state index is 13.4. The third kappa shape index (κ3) is 4.86. The van der Waals surface area contributed by atoms with Crippen molar-refractivity contribution in [3.63, 3.8) is 0 Å². The van der Waals surface area contributed by atoms with Gasteiger partial charge in [-0.25, -0.2) is 14.4 Å². The van der Waals surface area contributed by atoms with Crippen LogP contribution < -0.4 is 11.1 Å². The maximum Gasteiger partial charge on any atom is 0.230 e. The van der Waals surface area contributed by atoms with Gasteiger partial charge in [-0.15, -0.1) is 0 Å². The molecule has 0 fully saturated rings. The van der Waals surface area contributed by atoms with Crippen molar-refractivity contribution >= 4 is 22.8 Å². The second-order valence-corrected chi connectivity index (χ2v) is 5.57. The highest BCUT2D eigenvalue weighted by atomic mass is 19.1. The summed E-state index contributed by atoms with van der Waals surface area (Å²) in [6.07, 6.45) is 0.937. The average molecular weight is 332 g/mol. The summed E-state index contributed by atoms with van der Waals surface area (Å²) in [5, 5.41) is 3.70. The minimum absolute atomic E-state index is 0.268. The summed E-state index contributed by atoms with van der Waals surface area (Å²) < 4.78 is 13.4. The number of aryl methyl sites for hydroxylation is 1. The zero-order valence-corrected chi connectivity index (χ0v) is 14.5. The molecule has 1 heterocycles. The summed E-state index contributed by atoms with van der Waals surface area (Å²) in [6.45, 7) is 9.84. The van der Waals surface area contributed by atoms with Gasteiger partial charge in [-0.05, 0) is 45.1 Å². The van der Waals surface area contributed by atoms with Crippen LogP contribution in [0.2, 0.25) is 0 Å². The fourth-order valence-electron chi connectivity index (χ4n) is 2.51. The van der Waals surface area contributed by atoms with Gasteiger partial charge < -0.3 is 10.6 Å². The van der Waals surface area contributed by atoms with Crippen LogP contribution in [0.1, 0.15) is 26.0 Å². The Balaban J connectivity index is 1.99. The standard InChI is InChI=1S/C17H25FN6/c1-4-24(5-2)10-6-9-20-16(19)23-17-21-12(3)14-8-7-13(18)11-15(14)22-17/h7-8,11H,4-6,9-10H2,1-3H3,(H3,19,20,21,22,23). The molecule has 0 spiro atoms. The molecule has 1 aromatic heterocycles. The van der Waals surface area contributed by atoms with E-state index in [-0.39, 0.29) is 11.8 Å². The van der Waals surface area contributed by atoms with Crippen molar-refractivity contribution in [2.45, 2.75) is 27.2 Å². The van der Waals surface area contributed by atoms with Crippen molar-refractivity contribution in [2.24, 2.45) is 10.7 Å². The molecule has 0 amide bonds. The Hall–Kier alpha value is -2.28. The van der Waals surface area contributed by atoms with Crippen molar-refractivity contribution in [2.75, 3.05) is 31.5 Å². The molecule has 130 valence electrons. The zero-order valence-electron chi connectivity index (χ0n) is 14.5. The van der Waals surface area contributed by atoms with Crippen LogP contribution in [-0.2, 0) is 0 Å². The quantitative estimate of drug-likeness (QED) is 0.463. The second-order valence-electron chi connectivity index (χ2n) is 5.57. The van der Waals surface area contributed by atoms with Crippen molar-refractivity contribution in [3.8, 4) is 0 Å². The van der Waals surface area contributed by atoms with E-state index >= 15 is 0 Å². The third-order valence-corrected chi connectivity index (χ3v) is 3.90. The zero-order chi connectivity index (χ0) is 17.5. The molecule has 0 aliphatic heterocycles. The summed E-state index contributed by atoms with van der Waals surface area (Å²) in [6, 6.07) is 4.46. The number of rotatable bonds is 7. The molecule has 7 heteroatoms. The van der Waals surface area contributed by atoms with Gasteiger partial charge in [-0.3, -0.25) is 10.3 Å². The van der Waals surface area contributed by atoms with E-state index in [0.29, 0.717) is 18.0 Å². The Morgan fingerprint density at radius 1 is 1.29 bits per heavy atom. The number of nitrogens with zero attached hydrogens (tertiary/aromatic N) is 4. The minimum Gasteiger partial charge on any atom is -0.370 e. The smallest absolute Gasteiger partial charge is 0.230 e. The van der Waals surface area contributed by atoms with Crippen LogP contribution in [0, 0.1) is 12.7 Å². The number of hydrogen-bond donors (Lipinski definition) is 2. The lowest BCUT2D eigenvalue weighted by Gasteiger charge is -2.16. The molecular formula is C17H25FN6. The topological polar surface area (TPSA) is 79.4 Å². The lowest BCUT2D eigenvalue weighted by molar-refractivity contribution is 0.302. The summed E-state index contributed by atoms with van der Waals surface area (Å²) in [7, 11) is 0. The predicted molar refractivity (Wildman–Crippen MR) is 96.8 cm³/mol. The van der Waals surface area contributed by atoms with E-state index in [9.17, 15) is 4.39 Å². The number of guanidine groups is 1. The third-order valence-electron chi connectivity index (χ3n) is 3.90. The van der Waals surface area contributed by atoms with Gasteiger partial charge in [0.2, 0.25) is 5.95 Å². The number of fused-ring (bicyclic) bond motifs is 1. The van der Waals surface area contributed by atoms with Gasteiger partial charge in [0.25, 0.3) is 0 Å². The Morgan fingerprint density at radius 2 is 2.04 bits per heavy atom. The molecule has 0 bridgehead atoms. The van der Waals surface area contributed by atoms with Gasteiger partial charge in [0.1, 0.15) is 5.82 Å². The van der Waals surface area contributed by atoms with Gasteiger partial charge in [0, 0.05) is 18.0 Å². The molecule has 0 saturated carbocycles. The van der Waals surface area contributed by atoms with Crippen LogP contribution in [0.25, 0.3) is 10.9 Å². The maximum atomic E-state index is 13.4. The molecule has 6 nitrogen and oxygen atoms in total. The normalized spacial score (nSPS) is 12.1. The van der Waals surface area contributed by atoms with Crippen LogP contribution in [0.5, 0.6) is 0 Å². The first-order valence-corrected chi connectivity index (χ1v) is 8.26. The highest BCUT2D eigenvalue weighted by Gasteiger charge is 2.06. The molecule has 2 aromatic rings. The highest BCUT2D eigenvalue weighted by Crippen LogP contribution is 2.18. The minimum atomic E-state index is -0.329. The number of nitrogens with one attached hydrogen (secondary N) is 1. The number of hydrogen-bond acceptors (Lipinski definition) is 4. The fourth-order valence-corrected chi connectivity index (χ4v) is 2.51. The number of benzene rings is 1. The first-order chi connectivity index (χ1) is 11.5. The molecule has 0 aliphatic carbocycles. The van der Waals surface area contributed by atoms with Crippen molar-refractivity contribution in [1.29, 1.82) is 0 Å². The molecule has 3 N–H and O–H groups in total. The Labute approximate surface area is 142 Å². The number of aliphatic imine (C=N–C) groups is 1. The average Bonchev–Trinajstić information content (AvgIpc) is 2.54. The summed E-state index contributed by atoms with van der Waals surface area (Å²) in [5.74, 6) is 0.268. The number of aromatic nitrogens is 2. The van der Waals surface area contributed by atoms with Crippen molar-refractivity contribution in [1.82, 2.24) is 14.9 Å². The van der Waals surface area contributed by atoms with Crippen LogP contribution >= 0.6 is 0 Å². The van der Waals surface area contributed by atoms with E-state index in [1.54, 1.807) is 6.07 Å². The molecule has 0 atom stereocenters. The summed E-state index contributed by atoms with van der Waals surface area (Å²) in [4.78, 5) is 15.3. The summed E-state index contributed by atoms with van der Waals surface area (Å²) >= 11 is 0. The molecular weight excluding hydrogens is 307 g/mol. The molecule has 24 heavy (non-hydrogen) atoms. The Kier molecular flexibility index (Phi) is 6.43. The second kappa shape index (κ2) is 8.54. The Bertz CT molecular complexity index is 712. The van der Waals surface area contributed by atoms with E-state index in [4.69, 9.17) is 5.73 Å². The monoisotopic (exact) mass is 332 g/mol. The van der Waals surface area contributed by atoms with E-state index < -0.39 is 0 Å². The lowest BCUT2D eigenvalue weighted by Crippen LogP contribution is -2.26. The van der Waals surface area contributed by atoms with E-state index in [1.807, 2.05) is 6.92 Å². The van der Waals surface area contributed by atoms with Crippen molar-refractivity contribution < 1.29 is 4.39 Å². The van der Waals surface area contributed by atoms with Gasteiger partial charge in [0.15, 0.2) is 5.96 Å². The molecule has 0 saturated heterocycles. The summed E-state index contributed by atoms with van der Waals surface area (Å²) in [5.41, 5.74) is 7.18. The van der Waals surface area contributed by atoms with E-state index in [2.05, 4.69) is 39.0 Å². The lowest BCUT2D eigenvalue weighted by atomic mass is 10.2. The number of anilines is 1.